The van der Waals surface area contributed by atoms with Crippen LogP contribution >= 0.6 is 11.6 Å². The summed E-state index contributed by atoms with van der Waals surface area (Å²) < 4.78 is 15.3. The molecule has 2 aliphatic rings. The lowest BCUT2D eigenvalue weighted by molar-refractivity contribution is -0.149. The Bertz CT molecular complexity index is 902. The van der Waals surface area contributed by atoms with E-state index in [2.05, 4.69) is 10.3 Å². The number of rotatable bonds is 3. The van der Waals surface area contributed by atoms with Gasteiger partial charge in [0.25, 0.3) is 5.91 Å². The minimum atomic E-state index is -0.856. The summed E-state index contributed by atoms with van der Waals surface area (Å²) in [6.45, 7) is 0.563. The highest BCUT2D eigenvalue weighted by Crippen LogP contribution is 2.49. The third kappa shape index (κ3) is 2.47. The quantitative estimate of drug-likeness (QED) is 0.885. The predicted molar refractivity (Wildman–Crippen MR) is 89.6 cm³/mol. The molecule has 2 fully saturated rings. The molecule has 1 amide bonds. The highest BCUT2D eigenvalue weighted by Gasteiger charge is 2.56. The van der Waals surface area contributed by atoms with Gasteiger partial charge in [-0.05, 0) is 30.9 Å². The zero-order chi connectivity index (χ0) is 18.5. The number of aromatic nitrogens is 3. The molecule has 9 heteroatoms. The van der Waals surface area contributed by atoms with Crippen molar-refractivity contribution in [2.45, 2.75) is 19.3 Å². The fourth-order valence-electron chi connectivity index (χ4n) is 4.10. The van der Waals surface area contributed by atoms with E-state index in [1.54, 1.807) is 6.07 Å². The fourth-order valence-corrected chi connectivity index (χ4v) is 4.27. The number of nitrogens with zero attached hydrogens (tertiary/aromatic N) is 4. The van der Waals surface area contributed by atoms with Crippen LogP contribution in [-0.2, 0) is 4.79 Å². The third-order valence-corrected chi connectivity index (χ3v) is 5.77. The molecule has 2 heterocycles. The van der Waals surface area contributed by atoms with E-state index < -0.39 is 23.1 Å². The maximum Gasteiger partial charge on any atom is 0.311 e. The number of benzene rings is 1. The SMILES string of the molecule is O=C(c1cn(-c2cccc(Cl)c2F)nn1)N1C[C@@H]2CCC[C@@]2(C(=O)O)C1. The van der Waals surface area contributed by atoms with Crippen LogP contribution in [-0.4, -0.2) is 50.0 Å². The highest BCUT2D eigenvalue weighted by molar-refractivity contribution is 6.30. The summed E-state index contributed by atoms with van der Waals surface area (Å²) in [5.41, 5.74) is -0.723. The summed E-state index contributed by atoms with van der Waals surface area (Å²) in [5, 5.41) is 17.2. The van der Waals surface area contributed by atoms with E-state index in [-0.39, 0.29) is 28.9 Å². The molecule has 7 nitrogen and oxygen atoms in total. The monoisotopic (exact) mass is 378 g/mol. The van der Waals surface area contributed by atoms with Crippen molar-refractivity contribution >= 4 is 23.5 Å². The molecule has 1 N–H and O–H groups in total. The molecule has 0 spiro atoms. The van der Waals surface area contributed by atoms with Gasteiger partial charge in [-0.15, -0.1) is 5.10 Å². The molecule has 2 atom stereocenters. The highest BCUT2D eigenvalue weighted by atomic mass is 35.5. The lowest BCUT2D eigenvalue weighted by Gasteiger charge is -2.22. The van der Waals surface area contributed by atoms with Crippen LogP contribution in [0.15, 0.2) is 24.4 Å². The van der Waals surface area contributed by atoms with Crippen LogP contribution in [0.1, 0.15) is 29.8 Å². The second-order valence-electron chi connectivity index (χ2n) is 6.86. The number of carbonyl (C=O) groups excluding carboxylic acids is 1. The lowest BCUT2D eigenvalue weighted by Crippen LogP contribution is -2.37. The smallest absolute Gasteiger partial charge is 0.311 e. The van der Waals surface area contributed by atoms with E-state index in [1.165, 1.54) is 23.2 Å². The first-order valence-electron chi connectivity index (χ1n) is 8.32. The molecule has 1 aliphatic carbocycles. The number of carboxylic acid groups (broad SMARTS) is 1. The molecular formula is C17H16ClFN4O3. The lowest BCUT2D eigenvalue weighted by atomic mass is 9.81. The molecule has 26 heavy (non-hydrogen) atoms. The van der Waals surface area contributed by atoms with Crippen LogP contribution in [0.2, 0.25) is 5.02 Å². The van der Waals surface area contributed by atoms with Crippen LogP contribution in [0.5, 0.6) is 0 Å². The number of fused-ring (bicyclic) bond motifs is 1. The molecule has 1 aromatic carbocycles. The molecule has 0 bridgehead atoms. The van der Waals surface area contributed by atoms with Crippen LogP contribution in [0.4, 0.5) is 4.39 Å². The van der Waals surface area contributed by atoms with Gasteiger partial charge in [0.15, 0.2) is 11.5 Å². The van der Waals surface area contributed by atoms with Crippen molar-refractivity contribution in [1.82, 2.24) is 19.9 Å². The van der Waals surface area contributed by atoms with Crippen molar-refractivity contribution in [3.63, 3.8) is 0 Å². The van der Waals surface area contributed by atoms with Gasteiger partial charge in [-0.3, -0.25) is 9.59 Å². The Hall–Kier alpha value is -2.48. The number of likely N-dealkylation sites (tertiary alicyclic amines) is 1. The third-order valence-electron chi connectivity index (χ3n) is 5.47. The summed E-state index contributed by atoms with van der Waals surface area (Å²) >= 11 is 5.77. The molecule has 1 saturated carbocycles. The van der Waals surface area contributed by atoms with Crippen molar-refractivity contribution in [1.29, 1.82) is 0 Å². The normalized spacial score (nSPS) is 24.7. The zero-order valence-corrected chi connectivity index (χ0v) is 14.5. The number of carbonyl (C=O) groups is 2. The average molecular weight is 379 g/mol. The van der Waals surface area contributed by atoms with Crippen molar-refractivity contribution in [3.8, 4) is 5.69 Å². The Kier molecular flexibility index (Phi) is 3.95. The van der Waals surface area contributed by atoms with E-state index in [4.69, 9.17) is 11.6 Å². The van der Waals surface area contributed by atoms with Gasteiger partial charge in [0.1, 0.15) is 5.69 Å². The zero-order valence-electron chi connectivity index (χ0n) is 13.7. The number of carboxylic acids is 1. The van der Waals surface area contributed by atoms with Crippen molar-refractivity contribution < 1.29 is 19.1 Å². The molecular weight excluding hydrogens is 363 g/mol. The number of hydrogen-bond acceptors (Lipinski definition) is 4. The molecule has 1 aliphatic heterocycles. The Labute approximate surface area is 153 Å². The van der Waals surface area contributed by atoms with Crippen LogP contribution in [0.25, 0.3) is 5.69 Å². The Morgan fingerprint density at radius 1 is 1.38 bits per heavy atom. The standard InChI is InChI=1S/C17H16ClFN4O3/c18-11-4-1-5-13(14(11)19)23-8-12(20-21-23)15(24)22-7-10-3-2-6-17(10,9-22)16(25)26/h1,4-5,8,10H,2-3,6-7,9H2,(H,25,26)/t10-,17+/m0/s1. The number of amides is 1. The largest absolute Gasteiger partial charge is 0.481 e. The maximum absolute atomic E-state index is 14.1. The van der Waals surface area contributed by atoms with E-state index in [1.807, 2.05) is 0 Å². The van der Waals surface area contributed by atoms with E-state index in [0.717, 1.165) is 17.5 Å². The van der Waals surface area contributed by atoms with Crippen molar-refractivity contribution in [3.05, 3.63) is 40.9 Å². The average Bonchev–Trinajstić information content (AvgIpc) is 3.30. The first-order chi connectivity index (χ1) is 12.4. The van der Waals surface area contributed by atoms with Gasteiger partial charge in [0, 0.05) is 13.1 Å². The van der Waals surface area contributed by atoms with Gasteiger partial charge in [-0.25, -0.2) is 9.07 Å². The van der Waals surface area contributed by atoms with Gasteiger partial charge in [0.05, 0.1) is 16.6 Å². The van der Waals surface area contributed by atoms with Crippen molar-refractivity contribution in [2.24, 2.45) is 11.3 Å². The molecule has 1 saturated heterocycles. The summed E-state index contributed by atoms with van der Waals surface area (Å²) in [7, 11) is 0. The fraction of sp³-hybridized carbons (Fsp3) is 0.412. The van der Waals surface area contributed by atoms with Crippen LogP contribution < -0.4 is 0 Å². The van der Waals surface area contributed by atoms with E-state index >= 15 is 0 Å². The molecule has 2 aromatic rings. The first-order valence-corrected chi connectivity index (χ1v) is 8.69. The molecule has 136 valence electrons. The second kappa shape index (κ2) is 6.05. The Morgan fingerprint density at radius 2 is 2.19 bits per heavy atom. The van der Waals surface area contributed by atoms with Gasteiger partial charge in [-0.1, -0.05) is 29.3 Å². The minimum absolute atomic E-state index is 0.0376. The molecule has 0 unspecified atom stereocenters. The van der Waals surface area contributed by atoms with Gasteiger partial charge in [0.2, 0.25) is 0 Å². The number of aliphatic carboxylic acids is 1. The summed E-state index contributed by atoms with van der Waals surface area (Å²) in [4.78, 5) is 26.0. The number of hydrogen-bond donors (Lipinski definition) is 1. The van der Waals surface area contributed by atoms with Crippen molar-refractivity contribution in [2.75, 3.05) is 13.1 Å². The summed E-state index contributed by atoms with van der Waals surface area (Å²) in [6, 6.07) is 4.46. The molecule has 1 aromatic heterocycles. The number of halogens is 2. The summed E-state index contributed by atoms with van der Waals surface area (Å²) in [5.74, 6) is -1.93. The van der Waals surface area contributed by atoms with Crippen LogP contribution in [0.3, 0.4) is 0 Å². The van der Waals surface area contributed by atoms with E-state index in [0.29, 0.717) is 13.0 Å². The maximum atomic E-state index is 14.1. The minimum Gasteiger partial charge on any atom is -0.481 e. The molecule has 4 rings (SSSR count). The van der Waals surface area contributed by atoms with Gasteiger partial charge < -0.3 is 10.0 Å². The van der Waals surface area contributed by atoms with Gasteiger partial charge >= 0.3 is 5.97 Å². The van der Waals surface area contributed by atoms with Gasteiger partial charge in [-0.2, -0.15) is 0 Å². The molecule has 0 radical (unpaired) electrons. The summed E-state index contributed by atoms with van der Waals surface area (Å²) in [6.07, 6.45) is 3.58. The first kappa shape index (κ1) is 17.0. The second-order valence-corrected chi connectivity index (χ2v) is 7.26. The topological polar surface area (TPSA) is 88.3 Å². The predicted octanol–water partition coefficient (Wildman–Crippen LogP) is 2.39. The Balaban J connectivity index is 1.58. The van der Waals surface area contributed by atoms with E-state index in [9.17, 15) is 19.1 Å². The van der Waals surface area contributed by atoms with Crippen LogP contribution in [0, 0.1) is 17.2 Å². The Morgan fingerprint density at radius 3 is 2.92 bits per heavy atom.